The Morgan fingerprint density at radius 2 is 1.20 bits per heavy atom. The van der Waals surface area contributed by atoms with Crippen LogP contribution in [0.5, 0.6) is 17.2 Å². The second-order valence-electron chi connectivity index (χ2n) is 18.3. The molecule has 50 heavy (non-hydrogen) atoms. The standard InChI is InChI=1S/C41H52O9/c1-17(2)15-20-22-28(43)24(21(42)16-18(3)4)30-25(29(22)48-33-23(20)31(44)37(7,8)35(46)39(33,11)12)27-26-32(45)38(9,10)36(47)40(13,14)34(26)50-41(27,49-30)19(5)6/h17-20,27,43H,15-16H2,1-14H3. The van der Waals surface area contributed by atoms with Crippen molar-refractivity contribution in [3.05, 3.63) is 39.4 Å². The molecule has 0 amide bonds. The van der Waals surface area contributed by atoms with Gasteiger partial charge < -0.3 is 19.3 Å². The summed E-state index contributed by atoms with van der Waals surface area (Å²) in [7, 11) is 0. The number of ketones is 5. The molecular weight excluding hydrogens is 636 g/mol. The molecule has 0 radical (unpaired) electrons. The summed E-state index contributed by atoms with van der Waals surface area (Å²) in [5.41, 5.74) is -3.95. The van der Waals surface area contributed by atoms with Gasteiger partial charge in [0.2, 0.25) is 0 Å². The topological polar surface area (TPSA) is 133 Å². The van der Waals surface area contributed by atoms with Crippen LogP contribution in [0.15, 0.2) is 22.7 Å². The van der Waals surface area contributed by atoms with E-state index in [2.05, 4.69) is 0 Å². The van der Waals surface area contributed by atoms with Crippen LogP contribution < -0.4 is 9.47 Å². The zero-order chi connectivity index (χ0) is 37.6. The van der Waals surface area contributed by atoms with E-state index in [1.54, 1.807) is 55.4 Å². The van der Waals surface area contributed by atoms with Gasteiger partial charge in [0.1, 0.15) is 40.2 Å². The van der Waals surface area contributed by atoms with Gasteiger partial charge in [-0.3, -0.25) is 24.0 Å². The number of hydrogen-bond donors (Lipinski definition) is 1. The molecule has 0 saturated heterocycles. The summed E-state index contributed by atoms with van der Waals surface area (Å²) in [6, 6.07) is 0. The van der Waals surface area contributed by atoms with Crippen LogP contribution in [0.4, 0.5) is 0 Å². The Hall–Kier alpha value is -3.75. The van der Waals surface area contributed by atoms with Gasteiger partial charge in [-0.15, -0.1) is 0 Å². The van der Waals surface area contributed by atoms with Gasteiger partial charge in [-0.1, -0.05) is 41.5 Å². The molecule has 6 rings (SSSR count). The van der Waals surface area contributed by atoms with Crippen molar-refractivity contribution in [2.75, 3.05) is 0 Å². The number of benzene rings is 1. The van der Waals surface area contributed by atoms with Crippen molar-refractivity contribution in [2.45, 2.75) is 127 Å². The summed E-state index contributed by atoms with van der Waals surface area (Å²) >= 11 is 0. The van der Waals surface area contributed by atoms with Gasteiger partial charge >= 0.3 is 0 Å². The average molecular weight is 689 g/mol. The first-order valence-corrected chi connectivity index (χ1v) is 18.0. The van der Waals surface area contributed by atoms with Gasteiger partial charge in [0.15, 0.2) is 28.9 Å². The van der Waals surface area contributed by atoms with Crippen LogP contribution >= 0.6 is 0 Å². The Balaban J connectivity index is 1.78. The van der Waals surface area contributed by atoms with E-state index in [0.29, 0.717) is 17.6 Å². The summed E-state index contributed by atoms with van der Waals surface area (Å²) in [5, 5.41) is 12.4. The van der Waals surface area contributed by atoms with Gasteiger partial charge in [-0.25, -0.2) is 0 Å². The Morgan fingerprint density at radius 3 is 1.70 bits per heavy atom. The number of allylic oxidation sites excluding steroid dienone is 3. The molecule has 1 aromatic rings. The van der Waals surface area contributed by atoms with Gasteiger partial charge in [-0.2, -0.15) is 0 Å². The van der Waals surface area contributed by atoms with Crippen LogP contribution in [0.25, 0.3) is 0 Å². The van der Waals surface area contributed by atoms with E-state index in [4.69, 9.17) is 14.2 Å². The van der Waals surface area contributed by atoms with E-state index in [9.17, 15) is 29.1 Å². The normalized spacial score (nSPS) is 28.3. The lowest BCUT2D eigenvalue weighted by Crippen LogP contribution is -2.51. The van der Waals surface area contributed by atoms with E-state index < -0.39 is 51.0 Å². The van der Waals surface area contributed by atoms with Gasteiger partial charge in [0.25, 0.3) is 5.79 Å². The summed E-state index contributed by atoms with van der Waals surface area (Å²) in [4.78, 5) is 71.0. The summed E-state index contributed by atoms with van der Waals surface area (Å²) in [5.74, 6) is -5.06. The van der Waals surface area contributed by atoms with Crippen LogP contribution in [-0.2, 0) is 23.9 Å². The molecule has 3 aliphatic heterocycles. The molecule has 0 spiro atoms. The summed E-state index contributed by atoms with van der Waals surface area (Å²) in [6.07, 6.45) is 0.505. The Kier molecular flexibility index (Phi) is 7.67. The maximum atomic E-state index is 14.6. The van der Waals surface area contributed by atoms with E-state index in [-0.39, 0.29) is 86.9 Å². The highest BCUT2D eigenvalue weighted by molar-refractivity contribution is 6.21. The van der Waals surface area contributed by atoms with Crippen molar-refractivity contribution in [1.29, 1.82) is 0 Å². The smallest absolute Gasteiger partial charge is 0.264 e. The number of phenols is 1. The number of aromatic hydroxyl groups is 1. The minimum absolute atomic E-state index is 0.0292. The molecule has 0 bridgehead atoms. The zero-order valence-corrected chi connectivity index (χ0v) is 32.0. The van der Waals surface area contributed by atoms with Crippen molar-refractivity contribution in [2.24, 2.45) is 39.4 Å². The molecular formula is C41H52O9. The fourth-order valence-electron chi connectivity index (χ4n) is 9.26. The lowest BCUT2D eigenvalue weighted by molar-refractivity contribution is -0.177. The van der Waals surface area contributed by atoms with E-state index >= 15 is 0 Å². The molecule has 2 aliphatic carbocycles. The first kappa shape index (κ1) is 36.1. The van der Waals surface area contributed by atoms with Gasteiger partial charge in [0.05, 0.1) is 32.8 Å². The predicted octanol–water partition coefficient (Wildman–Crippen LogP) is 7.92. The Morgan fingerprint density at radius 1 is 0.680 bits per heavy atom. The number of carbonyl (C=O) groups is 5. The minimum Gasteiger partial charge on any atom is -0.507 e. The minimum atomic E-state index is -1.56. The van der Waals surface area contributed by atoms with Gasteiger partial charge in [-0.05, 0) is 73.6 Å². The highest BCUT2D eigenvalue weighted by atomic mass is 16.7. The molecule has 270 valence electrons. The number of phenolic OH excluding ortho intramolecular Hbond substituents is 1. The van der Waals surface area contributed by atoms with Crippen LogP contribution in [0.1, 0.15) is 143 Å². The SMILES string of the molecule is CC(C)CC(=O)c1c(O)c2c(c3c1OC1(C(C)C)OC4=C(C(=O)C(C)(C)C(=O)C4(C)C)C31)OC1=C(C(=O)C(C)(C)C(=O)C1(C)C)C2CC(C)C. The number of carbonyl (C=O) groups excluding carboxylic acids is 5. The highest BCUT2D eigenvalue weighted by Gasteiger charge is 2.70. The summed E-state index contributed by atoms with van der Waals surface area (Å²) in [6.45, 7) is 25.1. The third-order valence-electron chi connectivity index (χ3n) is 11.8. The van der Waals surface area contributed by atoms with Gasteiger partial charge in [0, 0.05) is 29.4 Å². The maximum absolute atomic E-state index is 14.6. The van der Waals surface area contributed by atoms with Crippen LogP contribution in [-0.4, -0.2) is 39.8 Å². The third kappa shape index (κ3) is 4.33. The molecule has 5 aliphatic rings. The second-order valence-corrected chi connectivity index (χ2v) is 18.3. The monoisotopic (exact) mass is 688 g/mol. The first-order valence-electron chi connectivity index (χ1n) is 18.0. The quantitative estimate of drug-likeness (QED) is 0.234. The lowest BCUT2D eigenvalue weighted by Gasteiger charge is -2.45. The fraction of sp³-hybridized carbons (Fsp3) is 0.634. The molecule has 9 nitrogen and oxygen atoms in total. The number of hydrogen-bond acceptors (Lipinski definition) is 9. The molecule has 3 heterocycles. The van der Waals surface area contributed by atoms with Crippen LogP contribution in [0.2, 0.25) is 0 Å². The average Bonchev–Trinajstić information content (AvgIpc) is 3.51. The number of rotatable bonds is 6. The van der Waals surface area contributed by atoms with Crippen molar-refractivity contribution < 1.29 is 43.3 Å². The van der Waals surface area contributed by atoms with Crippen LogP contribution in [0.3, 0.4) is 0 Å². The molecule has 0 saturated carbocycles. The lowest BCUT2D eigenvalue weighted by atomic mass is 9.59. The molecule has 9 heteroatoms. The molecule has 1 N–H and O–H groups in total. The second kappa shape index (κ2) is 10.6. The largest absolute Gasteiger partial charge is 0.507 e. The van der Waals surface area contributed by atoms with Crippen molar-refractivity contribution in [3.63, 3.8) is 0 Å². The van der Waals surface area contributed by atoms with E-state index in [1.165, 1.54) is 0 Å². The summed E-state index contributed by atoms with van der Waals surface area (Å²) < 4.78 is 20.4. The maximum Gasteiger partial charge on any atom is 0.264 e. The number of ether oxygens (including phenoxy) is 3. The van der Waals surface area contributed by atoms with E-state index in [1.807, 2.05) is 41.5 Å². The van der Waals surface area contributed by atoms with Crippen molar-refractivity contribution >= 4 is 28.9 Å². The Bertz CT molecular complexity index is 1880. The number of Topliss-reactive ketones (excluding diaryl/α,β-unsaturated/α-hetero) is 5. The molecule has 3 atom stereocenters. The van der Waals surface area contributed by atoms with Crippen molar-refractivity contribution in [3.8, 4) is 17.2 Å². The molecule has 3 unspecified atom stereocenters. The van der Waals surface area contributed by atoms with E-state index in [0.717, 1.165) is 0 Å². The molecule has 1 aromatic carbocycles. The highest BCUT2D eigenvalue weighted by Crippen LogP contribution is 2.69. The molecule has 0 aromatic heterocycles. The third-order valence-corrected chi connectivity index (χ3v) is 11.8. The van der Waals surface area contributed by atoms with Crippen molar-refractivity contribution in [1.82, 2.24) is 0 Å². The first-order chi connectivity index (χ1) is 22.8. The number of fused-ring (bicyclic) bond motifs is 6. The zero-order valence-electron chi connectivity index (χ0n) is 32.0. The van der Waals surface area contributed by atoms with Crippen LogP contribution in [0, 0.1) is 39.4 Å². The molecule has 0 fully saturated rings. The predicted molar refractivity (Wildman–Crippen MR) is 186 cm³/mol. The fourth-order valence-corrected chi connectivity index (χ4v) is 9.26. The Labute approximate surface area is 295 Å².